The van der Waals surface area contributed by atoms with Crippen molar-refractivity contribution in [1.29, 1.82) is 0 Å². The molecule has 0 spiro atoms. The lowest BCUT2D eigenvalue weighted by atomic mass is 9.90. The molecule has 0 saturated carbocycles. The largest absolute Gasteiger partial charge is 0.409 e. The van der Waals surface area contributed by atoms with E-state index in [1.54, 1.807) is 19.9 Å². The second kappa shape index (κ2) is 6.82. The SMILES string of the molecule is CC(C)Cc1cccc2cccc([C@H](N3CC(C)(C)C(=O)N3)C(F)(F)F)c12. The molecule has 1 N–H and O–H groups in total. The fraction of sp³-hybridized carbons (Fsp3) is 0.476. The van der Waals surface area contributed by atoms with Crippen LogP contribution in [-0.2, 0) is 11.2 Å². The summed E-state index contributed by atoms with van der Waals surface area (Å²) >= 11 is 0. The van der Waals surface area contributed by atoms with Crippen LogP contribution in [-0.4, -0.2) is 23.6 Å². The zero-order valence-corrected chi connectivity index (χ0v) is 16.0. The molecule has 1 atom stereocenters. The number of nitrogens with zero attached hydrogens (tertiary/aromatic N) is 1. The van der Waals surface area contributed by atoms with E-state index < -0.39 is 17.6 Å². The van der Waals surface area contributed by atoms with Crippen LogP contribution >= 0.6 is 0 Å². The lowest BCUT2D eigenvalue weighted by molar-refractivity contribution is -0.191. The van der Waals surface area contributed by atoms with Gasteiger partial charge in [-0.2, -0.15) is 13.2 Å². The van der Waals surface area contributed by atoms with Crippen molar-refractivity contribution in [3.8, 4) is 0 Å². The number of benzene rings is 2. The standard InChI is InChI=1S/C21H25F3N2O/c1-13(2)11-15-9-5-7-14-8-6-10-16(17(14)15)18(21(22,23)24)26-12-20(3,4)19(27)25-26/h5-10,13,18H,11-12H2,1-4H3,(H,25,27)/t18-/m0/s1. The van der Waals surface area contributed by atoms with Gasteiger partial charge in [-0.3, -0.25) is 10.2 Å². The molecule has 1 amide bonds. The van der Waals surface area contributed by atoms with Crippen molar-refractivity contribution in [2.75, 3.05) is 6.54 Å². The molecule has 1 heterocycles. The van der Waals surface area contributed by atoms with Gasteiger partial charge in [-0.1, -0.05) is 50.2 Å². The van der Waals surface area contributed by atoms with Crippen molar-refractivity contribution in [3.63, 3.8) is 0 Å². The fourth-order valence-corrected chi connectivity index (χ4v) is 3.78. The van der Waals surface area contributed by atoms with E-state index in [2.05, 4.69) is 5.43 Å². The summed E-state index contributed by atoms with van der Waals surface area (Å²) in [5.41, 5.74) is 2.67. The second-order valence-electron chi connectivity index (χ2n) is 8.36. The number of alkyl halides is 3. The fourth-order valence-electron chi connectivity index (χ4n) is 3.78. The van der Waals surface area contributed by atoms with Gasteiger partial charge in [0.1, 0.15) is 0 Å². The number of hydrazine groups is 1. The van der Waals surface area contributed by atoms with Crippen LogP contribution in [0, 0.1) is 11.3 Å². The molecule has 1 fully saturated rings. The minimum Gasteiger partial charge on any atom is -0.287 e. The molecule has 27 heavy (non-hydrogen) atoms. The lowest BCUT2D eigenvalue weighted by Crippen LogP contribution is -2.43. The highest BCUT2D eigenvalue weighted by molar-refractivity contribution is 5.90. The van der Waals surface area contributed by atoms with Gasteiger partial charge in [-0.25, -0.2) is 5.01 Å². The van der Waals surface area contributed by atoms with E-state index in [-0.39, 0.29) is 18.0 Å². The highest BCUT2D eigenvalue weighted by Crippen LogP contribution is 2.43. The van der Waals surface area contributed by atoms with Gasteiger partial charge < -0.3 is 0 Å². The Morgan fingerprint density at radius 1 is 1.15 bits per heavy atom. The summed E-state index contributed by atoms with van der Waals surface area (Å²) in [6, 6.07) is 8.74. The van der Waals surface area contributed by atoms with E-state index in [1.165, 1.54) is 6.07 Å². The highest BCUT2D eigenvalue weighted by atomic mass is 19.4. The number of hydrogen-bond donors (Lipinski definition) is 1. The maximum atomic E-state index is 14.2. The van der Waals surface area contributed by atoms with Crippen LogP contribution in [0.2, 0.25) is 0 Å². The van der Waals surface area contributed by atoms with E-state index in [4.69, 9.17) is 0 Å². The number of carbonyl (C=O) groups is 1. The van der Waals surface area contributed by atoms with Crippen LogP contribution in [0.15, 0.2) is 36.4 Å². The summed E-state index contributed by atoms with van der Waals surface area (Å²) < 4.78 is 42.5. The molecule has 0 aliphatic carbocycles. The predicted molar refractivity (Wildman–Crippen MR) is 99.9 cm³/mol. The van der Waals surface area contributed by atoms with Gasteiger partial charge in [0.2, 0.25) is 5.91 Å². The van der Waals surface area contributed by atoms with Gasteiger partial charge in [-0.05, 0) is 48.1 Å². The average molecular weight is 378 g/mol. The predicted octanol–water partition coefficient (Wildman–Crippen LogP) is 5.01. The number of rotatable bonds is 4. The van der Waals surface area contributed by atoms with E-state index >= 15 is 0 Å². The Kier molecular flexibility index (Phi) is 4.97. The normalized spacial score (nSPS) is 18.9. The molecule has 0 radical (unpaired) electrons. The Morgan fingerprint density at radius 2 is 1.78 bits per heavy atom. The van der Waals surface area contributed by atoms with Crippen LogP contribution < -0.4 is 5.43 Å². The molecule has 1 aliphatic heterocycles. The Morgan fingerprint density at radius 3 is 2.30 bits per heavy atom. The summed E-state index contributed by atoms with van der Waals surface area (Å²) in [6.45, 7) is 7.41. The first kappa shape index (κ1) is 19.7. The Balaban J connectivity index is 2.19. The van der Waals surface area contributed by atoms with Crippen LogP contribution in [0.4, 0.5) is 13.2 Å². The molecule has 0 unspecified atom stereocenters. The van der Waals surface area contributed by atoms with Crippen LogP contribution in [0.25, 0.3) is 10.8 Å². The number of nitrogens with one attached hydrogen (secondary N) is 1. The van der Waals surface area contributed by atoms with Crippen molar-refractivity contribution < 1.29 is 18.0 Å². The molecule has 6 heteroatoms. The Bertz CT molecular complexity index is 853. The maximum absolute atomic E-state index is 14.2. The van der Waals surface area contributed by atoms with Crippen LogP contribution in [0.5, 0.6) is 0 Å². The molecule has 1 saturated heterocycles. The highest BCUT2D eigenvalue weighted by Gasteiger charge is 2.51. The Labute approximate surface area is 157 Å². The third kappa shape index (κ3) is 3.81. The average Bonchev–Trinajstić information content (AvgIpc) is 2.78. The van der Waals surface area contributed by atoms with E-state index in [1.807, 2.05) is 38.1 Å². The lowest BCUT2D eigenvalue weighted by Gasteiger charge is -2.31. The van der Waals surface area contributed by atoms with Crippen molar-refractivity contribution in [1.82, 2.24) is 10.4 Å². The summed E-state index contributed by atoms with van der Waals surface area (Å²) in [7, 11) is 0. The minimum absolute atomic E-state index is 0.00124. The smallest absolute Gasteiger partial charge is 0.287 e. The summed E-state index contributed by atoms with van der Waals surface area (Å²) in [4.78, 5) is 12.1. The minimum atomic E-state index is -4.52. The number of fused-ring (bicyclic) bond motifs is 1. The molecular formula is C21H25F3N2O. The summed E-state index contributed by atoms with van der Waals surface area (Å²) in [5.74, 6) is -0.0715. The van der Waals surface area contributed by atoms with Gasteiger partial charge >= 0.3 is 6.18 Å². The monoisotopic (exact) mass is 378 g/mol. The quantitative estimate of drug-likeness (QED) is 0.811. The van der Waals surface area contributed by atoms with Gasteiger partial charge in [0.25, 0.3) is 0 Å². The molecule has 0 bridgehead atoms. The Hall–Kier alpha value is -2.08. The molecule has 0 aromatic heterocycles. The first-order valence-electron chi connectivity index (χ1n) is 9.15. The number of hydrogen-bond acceptors (Lipinski definition) is 2. The van der Waals surface area contributed by atoms with Crippen LogP contribution in [0.3, 0.4) is 0 Å². The van der Waals surface area contributed by atoms with Gasteiger partial charge in [0.15, 0.2) is 6.04 Å². The van der Waals surface area contributed by atoms with Crippen molar-refractivity contribution >= 4 is 16.7 Å². The first-order chi connectivity index (χ1) is 12.5. The van der Waals surface area contributed by atoms with Gasteiger partial charge in [0, 0.05) is 6.54 Å². The maximum Gasteiger partial charge on any atom is 0.409 e. The van der Waals surface area contributed by atoms with Crippen LogP contribution in [0.1, 0.15) is 44.9 Å². The molecule has 3 nitrogen and oxygen atoms in total. The summed E-state index contributed by atoms with van der Waals surface area (Å²) in [5, 5.41) is 2.46. The third-order valence-electron chi connectivity index (χ3n) is 4.99. The van der Waals surface area contributed by atoms with E-state index in [9.17, 15) is 18.0 Å². The zero-order valence-electron chi connectivity index (χ0n) is 16.0. The molecular weight excluding hydrogens is 353 g/mol. The van der Waals surface area contributed by atoms with E-state index in [0.29, 0.717) is 17.7 Å². The van der Waals surface area contributed by atoms with Crippen molar-refractivity contribution in [2.45, 2.75) is 46.3 Å². The topological polar surface area (TPSA) is 32.3 Å². The first-order valence-corrected chi connectivity index (χ1v) is 9.15. The molecule has 2 aromatic rings. The van der Waals surface area contributed by atoms with Crippen molar-refractivity contribution in [2.24, 2.45) is 11.3 Å². The third-order valence-corrected chi connectivity index (χ3v) is 4.99. The number of halogens is 3. The summed E-state index contributed by atoms with van der Waals surface area (Å²) in [6.07, 6.45) is -3.83. The van der Waals surface area contributed by atoms with Gasteiger partial charge in [0.05, 0.1) is 5.41 Å². The molecule has 3 rings (SSSR count). The zero-order chi connectivity index (χ0) is 20.0. The van der Waals surface area contributed by atoms with Crippen molar-refractivity contribution in [3.05, 3.63) is 47.5 Å². The number of amides is 1. The molecule has 1 aliphatic rings. The molecule has 2 aromatic carbocycles. The number of carbonyl (C=O) groups excluding carboxylic acids is 1. The second-order valence-corrected chi connectivity index (χ2v) is 8.36. The van der Waals surface area contributed by atoms with Gasteiger partial charge in [-0.15, -0.1) is 0 Å². The van der Waals surface area contributed by atoms with E-state index in [0.717, 1.165) is 16.0 Å². The molecule has 146 valence electrons.